The zero-order chi connectivity index (χ0) is 8.97. The lowest BCUT2D eigenvalue weighted by Gasteiger charge is -1.97. The molecule has 0 saturated carbocycles. The zero-order valence-electron chi connectivity index (χ0n) is 6.94. The summed E-state index contributed by atoms with van der Waals surface area (Å²) < 4.78 is 10.7. The van der Waals surface area contributed by atoms with Crippen molar-refractivity contribution in [2.75, 3.05) is 13.2 Å². The van der Waals surface area contributed by atoms with E-state index in [1.54, 1.807) is 0 Å². The Hall–Kier alpha value is -1.04. The monoisotopic (exact) mass is 190 g/mol. The SMILES string of the molecule is CCOc1n[n+]([O-])sc1OCC. The molecular formula is C6H10N2O3S. The van der Waals surface area contributed by atoms with Crippen LogP contribution in [0.3, 0.4) is 0 Å². The molecule has 0 aromatic carbocycles. The number of hydrogen-bond acceptors (Lipinski definition) is 5. The van der Waals surface area contributed by atoms with Crippen LogP contribution in [0.5, 0.6) is 10.9 Å². The van der Waals surface area contributed by atoms with Gasteiger partial charge in [-0.25, -0.2) is 0 Å². The third kappa shape index (κ3) is 1.97. The molecule has 0 N–H and O–H groups in total. The van der Waals surface area contributed by atoms with Crippen molar-refractivity contribution < 1.29 is 13.7 Å². The Balaban J connectivity index is 2.76. The molecule has 6 heteroatoms. The highest BCUT2D eigenvalue weighted by molar-refractivity contribution is 7.04. The molecule has 0 bridgehead atoms. The second-order valence-corrected chi connectivity index (χ2v) is 2.75. The first kappa shape index (κ1) is 9.05. The maximum absolute atomic E-state index is 10.7. The quantitative estimate of drug-likeness (QED) is 0.514. The second kappa shape index (κ2) is 4.10. The van der Waals surface area contributed by atoms with E-state index in [1.807, 2.05) is 13.8 Å². The maximum Gasteiger partial charge on any atom is 0.341 e. The van der Waals surface area contributed by atoms with E-state index >= 15 is 0 Å². The van der Waals surface area contributed by atoms with Gasteiger partial charge >= 0.3 is 10.9 Å². The molecule has 12 heavy (non-hydrogen) atoms. The Morgan fingerprint density at radius 1 is 1.42 bits per heavy atom. The van der Waals surface area contributed by atoms with Crippen molar-refractivity contribution in [3.8, 4) is 10.9 Å². The van der Waals surface area contributed by atoms with Crippen LogP contribution in [0.25, 0.3) is 0 Å². The average molecular weight is 190 g/mol. The lowest BCUT2D eigenvalue weighted by Crippen LogP contribution is -2.23. The lowest BCUT2D eigenvalue weighted by molar-refractivity contribution is -0.598. The van der Waals surface area contributed by atoms with Crippen LogP contribution in [-0.2, 0) is 0 Å². The molecule has 0 unspecified atom stereocenters. The molecule has 0 fully saturated rings. The normalized spacial score (nSPS) is 9.83. The van der Waals surface area contributed by atoms with E-state index in [9.17, 15) is 5.21 Å². The average Bonchev–Trinajstić information content (AvgIpc) is 2.33. The number of hydrogen-bond donors (Lipinski definition) is 0. The minimum atomic E-state index is 0.277. The molecule has 0 amide bonds. The minimum absolute atomic E-state index is 0.277. The van der Waals surface area contributed by atoms with Crippen LogP contribution in [-0.4, -0.2) is 18.3 Å². The molecule has 0 atom stereocenters. The van der Waals surface area contributed by atoms with Gasteiger partial charge in [-0.15, -0.1) is 0 Å². The Labute approximate surface area is 74.3 Å². The van der Waals surface area contributed by atoms with Gasteiger partial charge in [-0.2, -0.15) is 0 Å². The van der Waals surface area contributed by atoms with E-state index in [4.69, 9.17) is 9.47 Å². The first-order valence-electron chi connectivity index (χ1n) is 3.64. The second-order valence-electron chi connectivity index (χ2n) is 1.89. The Bertz CT molecular complexity index is 227. The fourth-order valence-electron chi connectivity index (χ4n) is 0.689. The summed E-state index contributed by atoms with van der Waals surface area (Å²) >= 11 is 0.882. The molecule has 1 aromatic heterocycles. The summed E-state index contributed by atoms with van der Waals surface area (Å²) in [5, 5.41) is 14.7. The topological polar surface area (TPSA) is 58.3 Å². The molecule has 0 aliphatic rings. The fraction of sp³-hybridized carbons (Fsp3) is 0.667. The van der Waals surface area contributed by atoms with Gasteiger partial charge in [0.1, 0.15) is 0 Å². The van der Waals surface area contributed by atoms with E-state index in [0.29, 0.717) is 22.5 Å². The van der Waals surface area contributed by atoms with Crippen molar-refractivity contribution in [3.05, 3.63) is 5.21 Å². The van der Waals surface area contributed by atoms with E-state index in [1.165, 1.54) is 0 Å². The Morgan fingerprint density at radius 2 is 2.08 bits per heavy atom. The predicted molar refractivity (Wildman–Crippen MR) is 43.4 cm³/mol. The first-order valence-corrected chi connectivity index (χ1v) is 4.42. The van der Waals surface area contributed by atoms with Crippen LogP contribution >= 0.6 is 11.5 Å². The molecular weight excluding hydrogens is 180 g/mol. The predicted octanol–water partition coefficient (Wildman–Crippen LogP) is 0.574. The summed E-state index contributed by atoms with van der Waals surface area (Å²) in [6, 6.07) is 0. The van der Waals surface area contributed by atoms with E-state index in [-0.39, 0.29) is 5.88 Å². The lowest BCUT2D eigenvalue weighted by atomic mass is 10.7. The summed E-state index contributed by atoms with van der Waals surface area (Å²) in [5.41, 5.74) is 0. The third-order valence-electron chi connectivity index (χ3n) is 1.06. The van der Waals surface area contributed by atoms with Crippen LogP contribution < -0.4 is 13.7 Å². The van der Waals surface area contributed by atoms with Crippen LogP contribution in [0.15, 0.2) is 0 Å². The van der Waals surface area contributed by atoms with Gasteiger partial charge < -0.3 is 14.7 Å². The van der Waals surface area contributed by atoms with Crippen LogP contribution in [0, 0.1) is 5.21 Å². The number of rotatable bonds is 4. The molecule has 1 heterocycles. The summed E-state index contributed by atoms with van der Waals surface area (Å²) in [5.74, 6) is 0.277. The van der Waals surface area contributed by atoms with E-state index < -0.39 is 0 Å². The van der Waals surface area contributed by atoms with Gasteiger partial charge in [-0.3, -0.25) is 0 Å². The van der Waals surface area contributed by atoms with Crippen molar-refractivity contribution in [2.24, 2.45) is 0 Å². The molecule has 0 aliphatic carbocycles. The number of nitrogens with zero attached hydrogens (tertiary/aromatic N) is 2. The van der Waals surface area contributed by atoms with Crippen LogP contribution in [0.4, 0.5) is 0 Å². The molecule has 1 rings (SSSR count). The standard InChI is InChI=1S/C6H10N2O3S/c1-3-10-5-6(11-4-2)12-8(9)7-5/h3-4H2,1-2H3. The van der Waals surface area contributed by atoms with Gasteiger partial charge in [0.25, 0.3) is 0 Å². The van der Waals surface area contributed by atoms with Crippen molar-refractivity contribution in [2.45, 2.75) is 13.8 Å². The third-order valence-corrected chi connectivity index (χ3v) is 1.76. The largest absolute Gasteiger partial charge is 0.581 e. The number of aromatic nitrogens is 2. The molecule has 0 radical (unpaired) electrons. The summed E-state index contributed by atoms with van der Waals surface area (Å²) in [7, 11) is 0. The highest BCUT2D eigenvalue weighted by Crippen LogP contribution is 2.26. The summed E-state index contributed by atoms with van der Waals surface area (Å²) in [4.78, 5) is 0. The van der Waals surface area contributed by atoms with Crippen molar-refractivity contribution in [3.63, 3.8) is 0 Å². The molecule has 5 nitrogen and oxygen atoms in total. The fourth-order valence-corrected chi connectivity index (χ4v) is 1.29. The zero-order valence-corrected chi connectivity index (χ0v) is 7.76. The van der Waals surface area contributed by atoms with Gasteiger partial charge in [-0.1, -0.05) is 0 Å². The Morgan fingerprint density at radius 3 is 2.67 bits per heavy atom. The highest BCUT2D eigenvalue weighted by atomic mass is 32.1. The molecule has 0 saturated heterocycles. The molecule has 0 aliphatic heterocycles. The molecule has 0 spiro atoms. The smallest absolute Gasteiger partial charge is 0.341 e. The van der Waals surface area contributed by atoms with Gasteiger partial charge in [0.2, 0.25) is 11.5 Å². The van der Waals surface area contributed by atoms with Crippen LogP contribution in [0.1, 0.15) is 13.8 Å². The van der Waals surface area contributed by atoms with Gasteiger partial charge in [0, 0.05) is 4.23 Å². The molecule has 1 aromatic rings. The van der Waals surface area contributed by atoms with Crippen molar-refractivity contribution in [1.82, 2.24) is 5.10 Å². The minimum Gasteiger partial charge on any atom is -0.581 e. The highest BCUT2D eigenvalue weighted by Gasteiger charge is 2.17. The van der Waals surface area contributed by atoms with E-state index in [0.717, 1.165) is 11.5 Å². The van der Waals surface area contributed by atoms with Gasteiger partial charge in [-0.05, 0) is 13.8 Å². The van der Waals surface area contributed by atoms with Crippen molar-refractivity contribution in [1.29, 1.82) is 0 Å². The first-order chi connectivity index (χ1) is 5.77. The van der Waals surface area contributed by atoms with Crippen LogP contribution in [0.2, 0.25) is 0 Å². The van der Waals surface area contributed by atoms with Gasteiger partial charge in [0.05, 0.1) is 18.3 Å². The van der Waals surface area contributed by atoms with E-state index in [2.05, 4.69) is 5.10 Å². The van der Waals surface area contributed by atoms with Crippen molar-refractivity contribution >= 4 is 11.5 Å². The van der Waals surface area contributed by atoms with Gasteiger partial charge in [0.15, 0.2) is 0 Å². The summed E-state index contributed by atoms with van der Waals surface area (Å²) in [6.07, 6.45) is 0. The maximum atomic E-state index is 10.7. The Kier molecular flexibility index (Phi) is 3.09. The summed E-state index contributed by atoms with van der Waals surface area (Å²) in [6.45, 7) is 4.64. The molecule has 68 valence electrons. The number of ether oxygens (including phenoxy) is 2.